The van der Waals surface area contributed by atoms with E-state index in [1.54, 1.807) is 0 Å². The van der Waals surface area contributed by atoms with Gasteiger partial charge in [-0.1, -0.05) is 49.4 Å². The Morgan fingerprint density at radius 3 is 1.13 bits per heavy atom. The van der Waals surface area contributed by atoms with Gasteiger partial charge in [-0.2, -0.15) is 20.5 Å². The van der Waals surface area contributed by atoms with E-state index in [4.69, 9.17) is 14.2 Å². The van der Waals surface area contributed by atoms with Crippen LogP contribution in [0.5, 0.6) is 17.2 Å². The summed E-state index contributed by atoms with van der Waals surface area (Å²) in [5, 5.41) is 17.1. The van der Waals surface area contributed by atoms with Crippen LogP contribution in [0.4, 0.5) is 22.7 Å². The summed E-state index contributed by atoms with van der Waals surface area (Å²) in [6.45, 7) is 4.25. The number of hydrogen-bond acceptors (Lipinski definition) is 7. The van der Waals surface area contributed by atoms with E-state index in [2.05, 4.69) is 51.6 Å². The average Bonchev–Trinajstić information content (AvgIpc) is 3.12. The molecule has 0 saturated carbocycles. The Bertz CT molecular complexity index is 1640. The summed E-state index contributed by atoms with van der Waals surface area (Å²) in [7, 11) is 0. The molecule has 0 N–H and O–H groups in total. The first kappa shape index (κ1) is 32.1. The van der Waals surface area contributed by atoms with Gasteiger partial charge in [-0.3, -0.25) is 0 Å². The summed E-state index contributed by atoms with van der Waals surface area (Å²) in [5.74, 6) is 2.64. The highest BCUT2D eigenvalue weighted by atomic mass is 16.5. The molecule has 5 rings (SSSR count). The van der Waals surface area contributed by atoms with E-state index in [9.17, 15) is 0 Å². The quantitative estimate of drug-likeness (QED) is 0.0774. The second-order valence-electron chi connectivity index (χ2n) is 10.8. The van der Waals surface area contributed by atoms with Gasteiger partial charge in [0.1, 0.15) is 17.2 Å². The number of benzene rings is 5. The van der Waals surface area contributed by atoms with Gasteiger partial charge in [0.05, 0.1) is 42.6 Å². The van der Waals surface area contributed by atoms with Crippen LogP contribution >= 0.6 is 0 Å². The van der Waals surface area contributed by atoms with Crippen LogP contribution in [0.3, 0.4) is 0 Å². The molecule has 0 unspecified atom stereocenters. The van der Waals surface area contributed by atoms with Crippen LogP contribution in [0.25, 0.3) is 11.1 Å². The predicted molar refractivity (Wildman–Crippen MR) is 185 cm³/mol. The molecular weight excluding hydrogens is 572 g/mol. The summed E-state index contributed by atoms with van der Waals surface area (Å²) in [5.41, 5.74) is 5.42. The third-order valence-electron chi connectivity index (χ3n) is 7.10. The lowest BCUT2D eigenvalue weighted by Crippen LogP contribution is -1.99. The summed E-state index contributed by atoms with van der Waals surface area (Å²) >= 11 is 0. The number of nitrogens with zero attached hydrogens (tertiary/aromatic N) is 4. The standard InChI is InChI=1S/C39H40N4O3/c1-2-28-44-37-22-12-31(13-23-37)32-14-24-38(25-15-32)45-29-8-3-4-9-30-46-39-26-20-36(21-27-39)43-42-35-18-16-34(17-19-35)41-40-33-10-6-5-7-11-33/h5-7,10-27H,2-4,8-9,28-30H2,1H3. The Morgan fingerprint density at radius 1 is 0.370 bits per heavy atom. The number of hydrogen-bond donors (Lipinski definition) is 0. The van der Waals surface area contributed by atoms with Crippen LogP contribution in [0.1, 0.15) is 39.0 Å². The monoisotopic (exact) mass is 612 g/mol. The third kappa shape index (κ3) is 10.7. The molecule has 0 aromatic heterocycles. The number of azo groups is 2. The fourth-order valence-electron chi connectivity index (χ4n) is 4.57. The minimum absolute atomic E-state index is 0.683. The zero-order chi connectivity index (χ0) is 31.7. The molecule has 5 aromatic rings. The Hall–Kier alpha value is -5.30. The van der Waals surface area contributed by atoms with Gasteiger partial charge in [0.2, 0.25) is 0 Å². The molecule has 0 heterocycles. The topological polar surface area (TPSA) is 77.1 Å². The average molecular weight is 613 g/mol. The Morgan fingerprint density at radius 2 is 0.717 bits per heavy atom. The van der Waals surface area contributed by atoms with Gasteiger partial charge in [0, 0.05) is 0 Å². The predicted octanol–water partition coefficient (Wildman–Crippen LogP) is 12.0. The summed E-state index contributed by atoms with van der Waals surface area (Å²) in [6.07, 6.45) is 5.22. The minimum Gasteiger partial charge on any atom is -0.494 e. The van der Waals surface area contributed by atoms with Crippen molar-refractivity contribution in [3.8, 4) is 28.4 Å². The van der Waals surface area contributed by atoms with Crippen LogP contribution in [-0.2, 0) is 0 Å². The molecule has 0 saturated heterocycles. The summed E-state index contributed by atoms with van der Waals surface area (Å²) in [4.78, 5) is 0. The summed E-state index contributed by atoms with van der Waals surface area (Å²) < 4.78 is 17.5. The van der Waals surface area contributed by atoms with Crippen molar-refractivity contribution < 1.29 is 14.2 Å². The first-order chi connectivity index (χ1) is 22.7. The van der Waals surface area contributed by atoms with Gasteiger partial charge in [0.15, 0.2) is 0 Å². The maximum Gasteiger partial charge on any atom is 0.119 e. The van der Waals surface area contributed by atoms with Crippen LogP contribution in [-0.4, -0.2) is 19.8 Å². The molecule has 46 heavy (non-hydrogen) atoms. The van der Waals surface area contributed by atoms with E-state index >= 15 is 0 Å². The van der Waals surface area contributed by atoms with Gasteiger partial charge >= 0.3 is 0 Å². The largest absolute Gasteiger partial charge is 0.494 e. The van der Waals surface area contributed by atoms with Crippen molar-refractivity contribution in [1.29, 1.82) is 0 Å². The van der Waals surface area contributed by atoms with Crippen molar-refractivity contribution in [1.82, 2.24) is 0 Å². The first-order valence-electron chi connectivity index (χ1n) is 15.9. The van der Waals surface area contributed by atoms with Crippen molar-refractivity contribution >= 4 is 22.7 Å². The van der Waals surface area contributed by atoms with Crippen molar-refractivity contribution in [2.75, 3.05) is 19.8 Å². The Labute approximate surface area is 271 Å². The van der Waals surface area contributed by atoms with Crippen LogP contribution < -0.4 is 14.2 Å². The van der Waals surface area contributed by atoms with Crippen LogP contribution in [0.15, 0.2) is 148 Å². The highest BCUT2D eigenvalue weighted by Crippen LogP contribution is 2.26. The molecule has 0 aliphatic heterocycles. The smallest absolute Gasteiger partial charge is 0.119 e. The summed E-state index contributed by atoms with van der Waals surface area (Å²) in [6, 6.07) is 41.3. The molecule has 0 spiro atoms. The van der Waals surface area contributed by atoms with Crippen molar-refractivity contribution in [3.05, 3.63) is 127 Å². The van der Waals surface area contributed by atoms with Gasteiger partial charge in [-0.15, -0.1) is 0 Å². The van der Waals surface area contributed by atoms with Crippen molar-refractivity contribution in [2.24, 2.45) is 20.5 Å². The Balaban J connectivity index is 0.932. The van der Waals surface area contributed by atoms with E-state index in [1.165, 1.54) is 11.1 Å². The van der Waals surface area contributed by atoms with Gasteiger partial charge in [-0.05, 0) is 128 Å². The number of unbranched alkanes of at least 4 members (excludes halogenated alkanes) is 3. The van der Waals surface area contributed by atoms with Crippen LogP contribution in [0, 0.1) is 0 Å². The van der Waals surface area contributed by atoms with E-state index in [-0.39, 0.29) is 0 Å². The molecule has 0 atom stereocenters. The van der Waals surface area contributed by atoms with Gasteiger partial charge < -0.3 is 14.2 Å². The molecule has 0 fully saturated rings. The normalized spacial score (nSPS) is 11.2. The fraction of sp³-hybridized carbons (Fsp3) is 0.231. The second kappa shape index (κ2) is 17.9. The highest BCUT2D eigenvalue weighted by Gasteiger charge is 2.02. The van der Waals surface area contributed by atoms with Crippen molar-refractivity contribution in [2.45, 2.75) is 39.0 Å². The first-order valence-corrected chi connectivity index (χ1v) is 15.9. The highest BCUT2D eigenvalue weighted by molar-refractivity contribution is 5.65. The SMILES string of the molecule is CCCOc1ccc(-c2ccc(OCCCCCCOc3ccc(N=Nc4ccc(N=Nc5ccccc5)cc4)cc3)cc2)cc1. The lowest BCUT2D eigenvalue weighted by molar-refractivity contribution is 0.287. The molecule has 7 nitrogen and oxygen atoms in total. The molecule has 234 valence electrons. The fourth-order valence-corrected chi connectivity index (χ4v) is 4.57. The molecular formula is C39H40N4O3. The van der Waals surface area contributed by atoms with Gasteiger partial charge in [-0.25, -0.2) is 0 Å². The number of rotatable bonds is 17. The maximum atomic E-state index is 5.95. The molecule has 5 aromatic carbocycles. The molecule has 0 aliphatic rings. The van der Waals surface area contributed by atoms with E-state index in [0.29, 0.717) is 13.2 Å². The third-order valence-corrected chi connectivity index (χ3v) is 7.10. The van der Waals surface area contributed by atoms with Crippen molar-refractivity contribution in [3.63, 3.8) is 0 Å². The molecule has 0 amide bonds. The number of ether oxygens (including phenoxy) is 3. The molecule has 0 radical (unpaired) electrons. The zero-order valence-corrected chi connectivity index (χ0v) is 26.3. The van der Waals surface area contributed by atoms with E-state index < -0.39 is 0 Å². The molecule has 7 heteroatoms. The lowest BCUT2D eigenvalue weighted by Gasteiger charge is -2.09. The zero-order valence-electron chi connectivity index (χ0n) is 26.3. The van der Waals surface area contributed by atoms with E-state index in [1.807, 2.05) is 103 Å². The molecule has 0 bridgehead atoms. The van der Waals surface area contributed by atoms with Crippen LogP contribution in [0.2, 0.25) is 0 Å². The molecule has 0 aliphatic carbocycles. The minimum atomic E-state index is 0.683. The van der Waals surface area contributed by atoms with Gasteiger partial charge in [0.25, 0.3) is 0 Å². The second-order valence-corrected chi connectivity index (χ2v) is 10.8. The Kier molecular flexibility index (Phi) is 12.5. The lowest BCUT2D eigenvalue weighted by atomic mass is 10.1. The van der Waals surface area contributed by atoms with E-state index in [0.717, 1.165) is 78.7 Å². The maximum absolute atomic E-state index is 5.95.